The number of carbonyl (C=O) groups is 1. The topological polar surface area (TPSA) is 92.3 Å². The van der Waals surface area contributed by atoms with Crippen LogP contribution in [0.15, 0.2) is 66.9 Å². The highest BCUT2D eigenvalue weighted by atomic mass is 16.5. The Balaban J connectivity index is 1.29. The van der Waals surface area contributed by atoms with E-state index in [4.69, 9.17) is 4.74 Å². The summed E-state index contributed by atoms with van der Waals surface area (Å²) in [6, 6.07) is 19.1. The van der Waals surface area contributed by atoms with Gasteiger partial charge in [-0.15, -0.1) is 0 Å². The molecule has 0 bridgehead atoms. The van der Waals surface area contributed by atoms with Crippen LogP contribution >= 0.6 is 0 Å². The number of morpholine rings is 1. The fourth-order valence-electron chi connectivity index (χ4n) is 3.85. The highest BCUT2D eigenvalue weighted by Crippen LogP contribution is 2.23. The van der Waals surface area contributed by atoms with Crippen molar-refractivity contribution in [1.29, 1.82) is 0 Å². The van der Waals surface area contributed by atoms with E-state index in [1.54, 1.807) is 6.20 Å². The zero-order valence-corrected chi connectivity index (χ0v) is 18.3. The minimum atomic E-state index is -0.242. The van der Waals surface area contributed by atoms with E-state index in [0.717, 1.165) is 41.2 Å². The van der Waals surface area contributed by atoms with Crippen LogP contribution in [0.3, 0.4) is 0 Å². The molecule has 33 heavy (non-hydrogen) atoms. The summed E-state index contributed by atoms with van der Waals surface area (Å²) in [4.78, 5) is 28.4. The lowest BCUT2D eigenvalue weighted by Gasteiger charge is -2.28. The number of amides is 1. The molecular formula is C25H24N6O2. The highest BCUT2D eigenvalue weighted by molar-refractivity contribution is 6.11. The first-order valence-corrected chi connectivity index (χ1v) is 10.9. The molecule has 2 aromatic heterocycles. The van der Waals surface area contributed by atoms with Crippen molar-refractivity contribution in [3.8, 4) is 0 Å². The van der Waals surface area contributed by atoms with Crippen molar-refractivity contribution >= 4 is 39.7 Å². The maximum Gasteiger partial charge on any atom is 0.274 e. The van der Waals surface area contributed by atoms with Crippen LogP contribution in [0.4, 0.5) is 23.0 Å². The lowest BCUT2D eigenvalue weighted by atomic mass is 10.1. The van der Waals surface area contributed by atoms with E-state index in [1.165, 1.54) is 0 Å². The number of anilines is 4. The summed E-state index contributed by atoms with van der Waals surface area (Å²) < 4.78 is 5.43. The Hall–Kier alpha value is -4.04. The van der Waals surface area contributed by atoms with Gasteiger partial charge in [-0.3, -0.25) is 9.78 Å². The summed E-state index contributed by atoms with van der Waals surface area (Å²) in [5.41, 5.74) is 1.96. The van der Waals surface area contributed by atoms with Gasteiger partial charge in [0.25, 0.3) is 5.91 Å². The second-order valence-corrected chi connectivity index (χ2v) is 7.80. The van der Waals surface area contributed by atoms with Crippen LogP contribution in [0.2, 0.25) is 0 Å². The summed E-state index contributed by atoms with van der Waals surface area (Å²) in [5, 5.41) is 8.06. The first-order valence-electron chi connectivity index (χ1n) is 10.9. The molecule has 3 heterocycles. The summed E-state index contributed by atoms with van der Waals surface area (Å²) in [6.07, 6.45) is 1.65. The van der Waals surface area contributed by atoms with Gasteiger partial charge in [0.1, 0.15) is 23.2 Å². The largest absolute Gasteiger partial charge is 0.378 e. The Morgan fingerprint density at radius 1 is 0.970 bits per heavy atom. The maximum atomic E-state index is 12.8. The number of nitrogens with one attached hydrogen (secondary N) is 2. The average Bonchev–Trinajstić information content (AvgIpc) is 2.85. The molecule has 0 saturated carbocycles. The third kappa shape index (κ3) is 4.75. The third-order valence-electron chi connectivity index (χ3n) is 5.46. The zero-order valence-electron chi connectivity index (χ0n) is 18.3. The molecule has 5 rings (SSSR count). The van der Waals surface area contributed by atoms with Gasteiger partial charge in [0.15, 0.2) is 0 Å². The van der Waals surface area contributed by atoms with Gasteiger partial charge in [0.05, 0.1) is 13.2 Å². The maximum absolute atomic E-state index is 12.8. The summed E-state index contributed by atoms with van der Waals surface area (Å²) >= 11 is 0. The lowest BCUT2D eigenvalue weighted by Crippen LogP contribution is -2.36. The number of aryl methyl sites for hydroxylation is 1. The molecule has 1 aliphatic rings. The Kier molecular flexibility index (Phi) is 5.82. The van der Waals surface area contributed by atoms with Gasteiger partial charge in [-0.1, -0.05) is 24.3 Å². The van der Waals surface area contributed by atoms with Gasteiger partial charge in [0.2, 0.25) is 0 Å². The minimum Gasteiger partial charge on any atom is -0.378 e. The fourth-order valence-corrected chi connectivity index (χ4v) is 3.85. The van der Waals surface area contributed by atoms with Crippen LogP contribution in [0.25, 0.3) is 10.8 Å². The van der Waals surface area contributed by atoms with Crippen LogP contribution in [0.1, 0.15) is 16.3 Å². The first kappa shape index (κ1) is 20.8. The molecule has 0 unspecified atom stereocenters. The minimum absolute atomic E-state index is 0.242. The first-order chi connectivity index (χ1) is 16.2. The van der Waals surface area contributed by atoms with Crippen LogP contribution in [-0.4, -0.2) is 47.2 Å². The Labute approximate surface area is 191 Å². The second kappa shape index (κ2) is 9.22. The molecule has 2 aromatic carbocycles. The van der Waals surface area contributed by atoms with E-state index >= 15 is 0 Å². The van der Waals surface area contributed by atoms with Crippen molar-refractivity contribution in [1.82, 2.24) is 15.0 Å². The number of aromatic nitrogens is 3. The fraction of sp³-hybridized carbons (Fsp3) is 0.200. The van der Waals surface area contributed by atoms with Gasteiger partial charge in [-0.25, -0.2) is 9.97 Å². The van der Waals surface area contributed by atoms with E-state index in [-0.39, 0.29) is 5.91 Å². The number of nitrogens with zero attached hydrogens (tertiary/aromatic N) is 4. The molecule has 0 atom stereocenters. The average molecular weight is 441 g/mol. The predicted molar refractivity (Wildman–Crippen MR) is 129 cm³/mol. The molecule has 1 fully saturated rings. The van der Waals surface area contributed by atoms with Crippen molar-refractivity contribution in [2.24, 2.45) is 0 Å². The molecule has 1 amide bonds. The number of pyridine rings is 1. The van der Waals surface area contributed by atoms with E-state index in [1.807, 2.05) is 67.6 Å². The Bertz CT molecular complexity index is 1280. The normalized spacial score (nSPS) is 13.7. The van der Waals surface area contributed by atoms with Gasteiger partial charge < -0.3 is 20.3 Å². The van der Waals surface area contributed by atoms with Crippen molar-refractivity contribution in [2.45, 2.75) is 6.92 Å². The molecule has 0 spiro atoms. The predicted octanol–water partition coefficient (Wildman–Crippen LogP) is 4.17. The van der Waals surface area contributed by atoms with Crippen LogP contribution in [0.5, 0.6) is 0 Å². The molecular weight excluding hydrogens is 416 g/mol. The van der Waals surface area contributed by atoms with Crippen molar-refractivity contribution in [2.75, 3.05) is 41.8 Å². The second-order valence-electron chi connectivity index (χ2n) is 7.80. The Morgan fingerprint density at radius 2 is 1.73 bits per heavy atom. The van der Waals surface area contributed by atoms with Gasteiger partial charge in [-0.05, 0) is 42.6 Å². The van der Waals surface area contributed by atoms with Crippen molar-refractivity contribution in [3.63, 3.8) is 0 Å². The lowest BCUT2D eigenvalue weighted by molar-refractivity contribution is 0.102. The number of hydrogen-bond donors (Lipinski definition) is 2. The van der Waals surface area contributed by atoms with Gasteiger partial charge in [0, 0.05) is 42.1 Å². The zero-order chi connectivity index (χ0) is 22.6. The molecule has 2 N–H and O–H groups in total. The van der Waals surface area contributed by atoms with E-state index in [2.05, 4.69) is 30.5 Å². The quantitative estimate of drug-likeness (QED) is 0.481. The van der Waals surface area contributed by atoms with Crippen LogP contribution in [-0.2, 0) is 4.74 Å². The van der Waals surface area contributed by atoms with Crippen molar-refractivity contribution < 1.29 is 9.53 Å². The number of fused-ring (bicyclic) bond motifs is 1. The molecule has 8 heteroatoms. The summed E-state index contributed by atoms with van der Waals surface area (Å²) in [6.45, 7) is 4.92. The molecule has 1 aliphatic heterocycles. The Morgan fingerprint density at radius 3 is 2.55 bits per heavy atom. The standard InChI is InChI=1S/C25H24N6O2/c1-17-27-22(16-23(28-17)31-12-14-33-15-13-31)29-19-6-8-20(9-7-19)30-25(32)24-21-5-3-2-4-18(21)10-11-26-24/h2-11,16H,12-15H2,1H3,(H,30,32)(H,27,28,29). The van der Waals surface area contributed by atoms with Crippen LogP contribution < -0.4 is 15.5 Å². The molecule has 0 aliphatic carbocycles. The third-order valence-corrected chi connectivity index (χ3v) is 5.46. The smallest absolute Gasteiger partial charge is 0.274 e. The molecule has 1 saturated heterocycles. The van der Waals surface area contributed by atoms with Crippen molar-refractivity contribution in [3.05, 3.63) is 78.4 Å². The van der Waals surface area contributed by atoms with Gasteiger partial charge in [-0.2, -0.15) is 0 Å². The summed E-state index contributed by atoms with van der Waals surface area (Å²) in [5.74, 6) is 2.07. The number of carbonyl (C=O) groups excluding carboxylic acids is 1. The highest BCUT2D eigenvalue weighted by Gasteiger charge is 2.15. The number of hydrogen-bond acceptors (Lipinski definition) is 7. The molecule has 0 radical (unpaired) electrons. The number of rotatable bonds is 5. The van der Waals surface area contributed by atoms with E-state index < -0.39 is 0 Å². The van der Waals surface area contributed by atoms with E-state index in [0.29, 0.717) is 30.4 Å². The monoisotopic (exact) mass is 440 g/mol. The number of ether oxygens (including phenoxy) is 1. The van der Waals surface area contributed by atoms with Gasteiger partial charge >= 0.3 is 0 Å². The number of benzene rings is 2. The molecule has 166 valence electrons. The molecule has 4 aromatic rings. The SMILES string of the molecule is Cc1nc(Nc2ccc(NC(=O)c3nccc4ccccc34)cc2)cc(N2CCOCC2)n1. The summed E-state index contributed by atoms with van der Waals surface area (Å²) in [7, 11) is 0. The van der Waals surface area contributed by atoms with E-state index in [9.17, 15) is 4.79 Å². The van der Waals surface area contributed by atoms with Crippen LogP contribution in [0, 0.1) is 6.92 Å². The molecule has 8 nitrogen and oxygen atoms in total.